The number of rotatable bonds is 5. The molecule has 1 aromatic rings. The van der Waals surface area contributed by atoms with Gasteiger partial charge in [-0.1, -0.05) is 0 Å². The maximum Gasteiger partial charge on any atom is 0.251 e. The van der Waals surface area contributed by atoms with Gasteiger partial charge in [-0.2, -0.15) is 5.26 Å². The van der Waals surface area contributed by atoms with Crippen LogP contribution in [0.2, 0.25) is 0 Å². The van der Waals surface area contributed by atoms with Crippen molar-refractivity contribution in [2.75, 3.05) is 19.7 Å². The summed E-state index contributed by atoms with van der Waals surface area (Å²) in [5, 5.41) is 11.8. The summed E-state index contributed by atoms with van der Waals surface area (Å²) < 4.78 is 19.2. The average Bonchev–Trinajstić information content (AvgIpc) is 3.16. The molecular formula is C21H26FN3O3. The van der Waals surface area contributed by atoms with Crippen molar-refractivity contribution in [3.8, 4) is 6.07 Å². The number of benzene rings is 1. The molecule has 150 valence electrons. The quantitative estimate of drug-likeness (QED) is 0.842. The predicted octanol–water partition coefficient (Wildman–Crippen LogP) is 2.62. The molecule has 1 saturated carbocycles. The molecule has 1 heterocycles. The van der Waals surface area contributed by atoms with E-state index >= 15 is 0 Å². The summed E-state index contributed by atoms with van der Waals surface area (Å²) in [4.78, 5) is 27.1. The van der Waals surface area contributed by atoms with Crippen LogP contribution >= 0.6 is 0 Å². The number of hydrogen-bond donors (Lipinski definition) is 1. The van der Waals surface area contributed by atoms with E-state index in [1.165, 1.54) is 6.07 Å². The number of carbonyl (C=O) groups excluding carboxylic acids is 2. The molecule has 3 rings (SSSR count). The van der Waals surface area contributed by atoms with Gasteiger partial charge < -0.3 is 15.0 Å². The summed E-state index contributed by atoms with van der Waals surface area (Å²) in [6, 6.07) is 5.32. The van der Waals surface area contributed by atoms with Gasteiger partial charge in [-0.25, -0.2) is 4.39 Å². The third-order valence-corrected chi connectivity index (χ3v) is 5.56. The largest absolute Gasteiger partial charge is 0.378 e. The SMILES string of the molecule is CCOC1CCN(C(=O)[C@H]2CC[C@@H](NC(=O)c3cc(F)cc(C#N)c3)C2)CC1. The van der Waals surface area contributed by atoms with Gasteiger partial charge in [0.2, 0.25) is 5.91 Å². The van der Waals surface area contributed by atoms with Crippen LogP contribution in [0, 0.1) is 23.1 Å². The molecule has 2 amide bonds. The second kappa shape index (κ2) is 9.16. The maximum atomic E-state index is 13.5. The molecule has 7 heteroatoms. The number of nitrogens with one attached hydrogen (secondary N) is 1. The van der Waals surface area contributed by atoms with Crippen LogP contribution in [0.15, 0.2) is 18.2 Å². The van der Waals surface area contributed by atoms with Gasteiger partial charge in [0, 0.05) is 37.2 Å². The molecule has 1 saturated heterocycles. The Morgan fingerprint density at radius 3 is 2.68 bits per heavy atom. The van der Waals surface area contributed by atoms with Crippen LogP contribution in [0.25, 0.3) is 0 Å². The number of hydrogen-bond acceptors (Lipinski definition) is 4. The summed E-state index contributed by atoms with van der Waals surface area (Å²) >= 11 is 0. The normalized spacial score (nSPS) is 22.7. The van der Waals surface area contributed by atoms with E-state index in [1.54, 1.807) is 0 Å². The van der Waals surface area contributed by atoms with Crippen LogP contribution in [0.5, 0.6) is 0 Å². The third-order valence-electron chi connectivity index (χ3n) is 5.56. The highest BCUT2D eigenvalue weighted by Gasteiger charge is 2.34. The summed E-state index contributed by atoms with van der Waals surface area (Å²) in [6.45, 7) is 4.12. The molecular weight excluding hydrogens is 361 g/mol. The van der Waals surface area contributed by atoms with Gasteiger partial charge in [0.15, 0.2) is 0 Å². The van der Waals surface area contributed by atoms with Gasteiger partial charge >= 0.3 is 0 Å². The zero-order valence-electron chi connectivity index (χ0n) is 16.1. The molecule has 0 unspecified atom stereocenters. The first-order valence-electron chi connectivity index (χ1n) is 9.92. The van der Waals surface area contributed by atoms with Crippen LogP contribution in [0.1, 0.15) is 54.9 Å². The lowest BCUT2D eigenvalue weighted by Gasteiger charge is -2.33. The number of likely N-dealkylation sites (tertiary alicyclic amines) is 1. The fraction of sp³-hybridized carbons (Fsp3) is 0.571. The van der Waals surface area contributed by atoms with Gasteiger partial charge in [-0.05, 0) is 57.2 Å². The van der Waals surface area contributed by atoms with Crippen molar-refractivity contribution in [3.05, 3.63) is 35.1 Å². The van der Waals surface area contributed by atoms with Crippen molar-refractivity contribution < 1.29 is 18.7 Å². The smallest absolute Gasteiger partial charge is 0.251 e. The standard InChI is InChI=1S/C21H26FN3O3/c1-2-28-19-5-7-25(8-6-19)21(27)15-3-4-18(12-15)24-20(26)16-9-14(13-23)10-17(22)11-16/h9-11,15,18-19H,2-8,12H2,1H3,(H,24,26)/t15-,18+/m0/s1. The van der Waals surface area contributed by atoms with Gasteiger partial charge in [0.25, 0.3) is 5.91 Å². The number of ether oxygens (including phenoxy) is 1. The Hall–Kier alpha value is -2.46. The van der Waals surface area contributed by atoms with E-state index < -0.39 is 11.7 Å². The van der Waals surface area contributed by atoms with E-state index in [9.17, 15) is 14.0 Å². The lowest BCUT2D eigenvalue weighted by atomic mass is 10.0. The predicted molar refractivity (Wildman–Crippen MR) is 101 cm³/mol. The van der Waals surface area contributed by atoms with E-state index in [4.69, 9.17) is 10.00 Å². The average molecular weight is 387 g/mol. The van der Waals surface area contributed by atoms with Crippen molar-refractivity contribution in [1.82, 2.24) is 10.2 Å². The van der Waals surface area contributed by atoms with Crippen LogP contribution in [0.4, 0.5) is 4.39 Å². The summed E-state index contributed by atoms with van der Waals surface area (Å²) in [7, 11) is 0. The minimum absolute atomic E-state index is 0.0869. The van der Waals surface area contributed by atoms with Crippen LogP contribution < -0.4 is 5.32 Å². The Morgan fingerprint density at radius 1 is 1.25 bits per heavy atom. The van der Waals surface area contributed by atoms with E-state index in [2.05, 4.69) is 5.32 Å². The minimum atomic E-state index is -0.612. The number of nitriles is 1. The lowest BCUT2D eigenvalue weighted by molar-refractivity contribution is -0.138. The van der Waals surface area contributed by atoms with Crippen molar-refractivity contribution in [2.24, 2.45) is 5.92 Å². The molecule has 1 aromatic carbocycles. The van der Waals surface area contributed by atoms with E-state index in [0.29, 0.717) is 13.0 Å². The van der Waals surface area contributed by atoms with E-state index in [1.807, 2.05) is 17.9 Å². The van der Waals surface area contributed by atoms with Crippen LogP contribution in [0.3, 0.4) is 0 Å². The lowest BCUT2D eigenvalue weighted by Crippen LogP contribution is -2.43. The summed E-state index contributed by atoms with van der Waals surface area (Å²) in [5.74, 6) is -0.953. The van der Waals surface area contributed by atoms with Crippen molar-refractivity contribution >= 4 is 11.8 Å². The minimum Gasteiger partial charge on any atom is -0.378 e. The number of carbonyl (C=O) groups is 2. The highest BCUT2D eigenvalue weighted by Crippen LogP contribution is 2.29. The first-order valence-corrected chi connectivity index (χ1v) is 9.92. The van der Waals surface area contributed by atoms with Gasteiger partial charge in [-0.15, -0.1) is 0 Å². The topological polar surface area (TPSA) is 82.4 Å². The van der Waals surface area contributed by atoms with E-state index in [0.717, 1.165) is 50.9 Å². The Balaban J connectivity index is 1.51. The summed E-state index contributed by atoms with van der Waals surface area (Å²) in [5.41, 5.74) is 0.240. The highest BCUT2D eigenvalue weighted by atomic mass is 19.1. The molecule has 2 atom stereocenters. The molecule has 1 aliphatic heterocycles. The van der Waals surface area contributed by atoms with Gasteiger partial charge in [0.05, 0.1) is 17.7 Å². The van der Waals surface area contributed by atoms with Gasteiger partial charge in [-0.3, -0.25) is 9.59 Å². The van der Waals surface area contributed by atoms with Crippen molar-refractivity contribution in [2.45, 2.75) is 51.2 Å². The molecule has 28 heavy (non-hydrogen) atoms. The first kappa shape index (κ1) is 20.3. The van der Waals surface area contributed by atoms with Crippen molar-refractivity contribution in [1.29, 1.82) is 5.26 Å². The molecule has 2 aliphatic rings. The van der Waals surface area contributed by atoms with Crippen LogP contribution in [-0.2, 0) is 9.53 Å². The molecule has 1 aliphatic carbocycles. The number of halogens is 1. The molecule has 1 N–H and O–H groups in total. The molecule has 0 aromatic heterocycles. The Morgan fingerprint density at radius 2 is 2.00 bits per heavy atom. The van der Waals surface area contributed by atoms with Gasteiger partial charge in [0.1, 0.15) is 5.82 Å². The zero-order valence-corrected chi connectivity index (χ0v) is 16.1. The highest BCUT2D eigenvalue weighted by molar-refractivity contribution is 5.94. The van der Waals surface area contributed by atoms with Crippen molar-refractivity contribution in [3.63, 3.8) is 0 Å². The first-order chi connectivity index (χ1) is 13.5. The monoisotopic (exact) mass is 387 g/mol. The number of nitrogens with zero attached hydrogens (tertiary/aromatic N) is 2. The van der Waals surface area contributed by atoms with Crippen LogP contribution in [-0.4, -0.2) is 48.6 Å². The zero-order chi connectivity index (χ0) is 20.1. The second-order valence-electron chi connectivity index (χ2n) is 7.50. The molecule has 0 radical (unpaired) electrons. The maximum absolute atomic E-state index is 13.5. The fourth-order valence-electron chi connectivity index (χ4n) is 4.13. The molecule has 0 bridgehead atoms. The molecule has 6 nitrogen and oxygen atoms in total. The number of amides is 2. The Kier molecular flexibility index (Phi) is 6.63. The Labute approximate surface area is 164 Å². The second-order valence-corrected chi connectivity index (χ2v) is 7.50. The van der Waals surface area contributed by atoms with E-state index in [-0.39, 0.29) is 35.1 Å². The number of piperidine rings is 1. The molecule has 2 fully saturated rings. The summed E-state index contributed by atoms with van der Waals surface area (Å²) in [6.07, 6.45) is 4.03. The molecule has 0 spiro atoms. The fourth-order valence-corrected chi connectivity index (χ4v) is 4.13. The Bertz CT molecular complexity index is 769. The third kappa shape index (κ3) is 4.87.